The summed E-state index contributed by atoms with van der Waals surface area (Å²) in [5, 5.41) is 11.1. The largest absolute Gasteiger partial charge is 0.384 e. The van der Waals surface area contributed by atoms with Gasteiger partial charge in [0.2, 0.25) is 0 Å². The van der Waals surface area contributed by atoms with Gasteiger partial charge in [-0.2, -0.15) is 0 Å². The number of aliphatic hydroxyl groups is 1. The molecule has 1 atom stereocenters. The summed E-state index contributed by atoms with van der Waals surface area (Å²) in [6, 6.07) is 11.6. The minimum atomic E-state index is -0.669. The van der Waals surface area contributed by atoms with E-state index in [1.807, 2.05) is 50.2 Å². The molecule has 2 aromatic rings. The van der Waals surface area contributed by atoms with Gasteiger partial charge in [0.25, 0.3) is 0 Å². The minimum absolute atomic E-state index is 0.669. The first-order valence-corrected chi connectivity index (χ1v) is 6.86. The summed E-state index contributed by atoms with van der Waals surface area (Å²) in [4.78, 5) is 0. The molecule has 0 spiro atoms. The smallest absolute Gasteiger partial charge is 0.105 e. The van der Waals surface area contributed by atoms with Crippen molar-refractivity contribution < 1.29 is 5.11 Å². The second-order valence-electron chi connectivity index (χ2n) is 4.44. The Morgan fingerprint density at radius 3 is 2.50 bits per heavy atom. The van der Waals surface area contributed by atoms with Crippen molar-refractivity contribution in [3.8, 4) is 0 Å². The molecule has 3 heteroatoms. The highest BCUT2D eigenvalue weighted by molar-refractivity contribution is 9.10. The van der Waals surface area contributed by atoms with Crippen LogP contribution in [0.5, 0.6) is 0 Å². The Hall–Kier alpha value is -0.830. The first kappa shape index (κ1) is 13.6. The molecule has 0 heterocycles. The lowest BCUT2D eigenvalue weighted by atomic mass is 9.99. The topological polar surface area (TPSA) is 20.2 Å². The van der Waals surface area contributed by atoms with Crippen LogP contribution in [0.4, 0.5) is 0 Å². The summed E-state index contributed by atoms with van der Waals surface area (Å²) in [5.41, 5.74) is 3.79. The molecule has 0 aliphatic carbocycles. The molecule has 0 saturated carbocycles. The van der Waals surface area contributed by atoms with Crippen LogP contribution in [0.2, 0.25) is 5.02 Å². The van der Waals surface area contributed by atoms with Gasteiger partial charge < -0.3 is 5.11 Å². The van der Waals surface area contributed by atoms with Crippen molar-refractivity contribution in [2.24, 2.45) is 0 Å². The fraction of sp³-hybridized carbons (Fsp3) is 0.200. The van der Waals surface area contributed by atoms with Crippen LogP contribution in [0.15, 0.2) is 40.9 Å². The van der Waals surface area contributed by atoms with Crippen molar-refractivity contribution in [3.05, 3.63) is 68.1 Å². The standard InChI is InChI=1S/C15H14BrClO/c1-9-3-6-13(16)12(7-9)15(18)11-5-4-10(2)14(17)8-11/h3-8,15,18H,1-2H3. The van der Waals surface area contributed by atoms with Crippen molar-refractivity contribution in [2.45, 2.75) is 20.0 Å². The van der Waals surface area contributed by atoms with Gasteiger partial charge >= 0.3 is 0 Å². The Kier molecular flexibility index (Phi) is 4.10. The SMILES string of the molecule is Cc1ccc(Br)c(C(O)c2ccc(C)c(Cl)c2)c1. The lowest BCUT2D eigenvalue weighted by molar-refractivity contribution is 0.219. The molecule has 0 fully saturated rings. The van der Waals surface area contributed by atoms with Gasteiger partial charge in [-0.05, 0) is 42.7 Å². The number of benzene rings is 2. The quantitative estimate of drug-likeness (QED) is 0.841. The van der Waals surface area contributed by atoms with E-state index in [-0.39, 0.29) is 0 Å². The van der Waals surface area contributed by atoms with Gasteiger partial charge in [-0.1, -0.05) is 57.4 Å². The number of halogens is 2. The highest BCUT2D eigenvalue weighted by Gasteiger charge is 2.14. The fourth-order valence-corrected chi connectivity index (χ4v) is 2.48. The van der Waals surface area contributed by atoms with Crippen LogP contribution in [0.25, 0.3) is 0 Å². The predicted octanol–water partition coefficient (Wildman–Crippen LogP) is 4.80. The highest BCUT2D eigenvalue weighted by Crippen LogP contribution is 2.31. The van der Waals surface area contributed by atoms with Crippen LogP contribution in [-0.4, -0.2) is 5.11 Å². The summed E-state index contributed by atoms with van der Waals surface area (Å²) in [7, 11) is 0. The molecular formula is C15H14BrClO. The second kappa shape index (κ2) is 5.43. The molecule has 1 nitrogen and oxygen atoms in total. The van der Waals surface area contributed by atoms with Crippen molar-refractivity contribution in [2.75, 3.05) is 0 Å². The summed E-state index contributed by atoms with van der Waals surface area (Å²) in [6.45, 7) is 3.95. The van der Waals surface area contributed by atoms with Crippen LogP contribution < -0.4 is 0 Å². The third kappa shape index (κ3) is 2.77. The number of hydrogen-bond donors (Lipinski definition) is 1. The van der Waals surface area contributed by atoms with Crippen LogP contribution in [0.1, 0.15) is 28.4 Å². The molecule has 2 rings (SSSR count). The van der Waals surface area contributed by atoms with Gasteiger partial charge in [0.1, 0.15) is 6.10 Å². The van der Waals surface area contributed by atoms with Crippen molar-refractivity contribution in [1.29, 1.82) is 0 Å². The maximum Gasteiger partial charge on any atom is 0.105 e. The van der Waals surface area contributed by atoms with E-state index in [0.717, 1.165) is 26.7 Å². The maximum absolute atomic E-state index is 10.4. The zero-order valence-electron chi connectivity index (χ0n) is 10.2. The van der Waals surface area contributed by atoms with Crippen LogP contribution in [0, 0.1) is 13.8 Å². The van der Waals surface area contributed by atoms with E-state index in [9.17, 15) is 5.11 Å². The number of aryl methyl sites for hydroxylation is 2. The first-order valence-electron chi connectivity index (χ1n) is 5.69. The molecule has 0 aliphatic rings. The van der Waals surface area contributed by atoms with E-state index < -0.39 is 6.10 Å². The van der Waals surface area contributed by atoms with Gasteiger partial charge in [-0.25, -0.2) is 0 Å². The number of aliphatic hydroxyl groups excluding tert-OH is 1. The molecule has 18 heavy (non-hydrogen) atoms. The Morgan fingerprint density at radius 2 is 1.83 bits per heavy atom. The second-order valence-corrected chi connectivity index (χ2v) is 5.70. The molecule has 0 radical (unpaired) electrons. The summed E-state index contributed by atoms with van der Waals surface area (Å²) in [5.74, 6) is 0. The maximum atomic E-state index is 10.4. The lowest BCUT2D eigenvalue weighted by Gasteiger charge is -2.15. The predicted molar refractivity (Wildman–Crippen MR) is 79.1 cm³/mol. The summed E-state index contributed by atoms with van der Waals surface area (Å²) in [6.07, 6.45) is -0.669. The molecule has 94 valence electrons. The molecule has 0 aromatic heterocycles. The van der Waals surface area contributed by atoms with E-state index in [0.29, 0.717) is 5.02 Å². The van der Waals surface area contributed by atoms with Gasteiger partial charge in [-0.3, -0.25) is 0 Å². The van der Waals surface area contributed by atoms with Crippen LogP contribution in [-0.2, 0) is 0 Å². The average molecular weight is 326 g/mol. The van der Waals surface area contributed by atoms with Crippen molar-refractivity contribution in [3.63, 3.8) is 0 Å². The molecular weight excluding hydrogens is 312 g/mol. The Bertz CT molecular complexity index is 581. The Labute approximate surface area is 121 Å². The van der Waals surface area contributed by atoms with Crippen molar-refractivity contribution in [1.82, 2.24) is 0 Å². The van der Waals surface area contributed by atoms with Gasteiger partial charge in [0.05, 0.1) is 0 Å². The van der Waals surface area contributed by atoms with Gasteiger partial charge in [0.15, 0.2) is 0 Å². The third-order valence-electron chi connectivity index (χ3n) is 2.96. The Morgan fingerprint density at radius 1 is 1.11 bits per heavy atom. The molecule has 0 bridgehead atoms. The Balaban J connectivity index is 2.44. The summed E-state index contributed by atoms with van der Waals surface area (Å²) < 4.78 is 0.900. The zero-order chi connectivity index (χ0) is 13.3. The molecule has 0 aliphatic heterocycles. The van der Waals surface area contributed by atoms with Gasteiger partial charge in [0, 0.05) is 9.50 Å². The number of rotatable bonds is 2. The monoisotopic (exact) mass is 324 g/mol. The van der Waals surface area contributed by atoms with E-state index in [4.69, 9.17) is 11.6 Å². The van der Waals surface area contributed by atoms with E-state index in [1.165, 1.54) is 0 Å². The third-order valence-corrected chi connectivity index (χ3v) is 4.09. The highest BCUT2D eigenvalue weighted by atomic mass is 79.9. The fourth-order valence-electron chi connectivity index (χ4n) is 1.83. The zero-order valence-corrected chi connectivity index (χ0v) is 12.6. The van der Waals surface area contributed by atoms with Gasteiger partial charge in [-0.15, -0.1) is 0 Å². The summed E-state index contributed by atoms with van der Waals surface area (Å²) >= 11 is 9.56. The molecule has 1 N–H and O–H groups in total. The van der Waals surface area contributed by atoms with E-state index in [2.05, 4.69) is 15.9 Å². The molecule has 0 saturated heterocycles. The molecule has 2 aromatic carbocycles. The van der Waals surface area contributed by atoms with Crippen LogP contribution >= 0.6 is 27.5 Å². The first-order chi connectivity index (χ1) is 8.49. The normalized spacial score (nSPS) is 12.5. The average Bonchev–Trinajstić information content (AvgIpc) is 2.35. The minimum Gasteiger partial charge on any atom is -0.384 e. The molecule has 0 amide bonds. The molecule has 1 unspecified atom stereocenters. The van der Waals surface area contributed by atoms with Crippen molar-refractivity contribution >= 4 is 27.5 Å². The van der Waals surface area contributed by atoms with E-state index >= 15 is 0 Å². The lowest BCUT2D eigenvalue weighted by Crippen LogP contribution is -2.01. The van der Waals surface area contributed by atoms with Crippen LogP contribution in [0.3, 0.4) is 0 Å². The van der Waals surface area contributed by atoms with E-state index in [1.54, 1.807) is 0 Å². The number of hydrogen-bond acceptors (Lipinski definition) is 1.